The van der Waals surface area contributed by atoms with Gasteiger partial charge in [-0.05, 0) is 53.8 Å². The third-order valence-electron chi connectivity index (χ3n) is 3.79. The Labute approximate surface area is 180 Å². The summed E-state index contributed by atoms with van der Waals surface area (Å²) in [7, 11) is 0. The molecule has 1 atom stereocenters. The van der Waals surface area contributed by atoms with E-state index >= 15 is 0 Å². The lowest BCUT2D eigenvalue weighted by molar-refractivity contribution is -0.137. The van der Waals surface area contributed by atoms with Gasteiger partial charge in [-0.25, -0.2) is 14.4 Å². The highest BCUT2D eigenvalue weighted by Gasteiger charge is 2.32. The molecule has 0 aliphatic rings. The summed E-state index contributed by atoms with van der Waals surface area (Å²) in [4.78, 5) is 20.5. The van der Waals surface area contributed by atoms with Crippen LogP contribution in [0.3, 0.4) is 0 Å². The largest absolute Gasteiger partial charge is 0.416 e. The highest BCUT2D eigenvalue weighted by Crippen LogP contribution is 2.32. The van der Waals surface area contributed by atoms with Crippen molar-refractivity contribution in [3.63, 3.8) is 0 Å². The number of pyridine rings is 1. The molecule has 0 radical (unpaired) electrons. The predicted molar refractivity (Wildman–Crippen MR) is 104 cm³/mol. The van der Waals surface area contributed by atoms with Crippen LogP contribution < -0.4 is 5.32 Å². The highest BCUT2D eigenvalue weighted by atomic mass is 127. The van der Waals surface area contributed by atoms with Crippen LogP contribution in [-0.2, 0) is 6.18 Å². The number of alkyl halides is 3. The molecule has 0 fully saturated rings. The molecule has 0 saturated heterocycles. The summed E-state index contributed by atoms with van der Waals surface area (Å²) in [5, 5.41) is 6.37. The molecule has 0 saturated carbocycles. The summed E-state index contributed by atoms with van der Waals surface area (Å²) < 4.78 is 53.9. The maximum absolute atomic E-state index is 13.3. The Bertz CT molecular complexity index is 1070. The monoisotopic (exact) mass is 539 g/mol. The topological polar surface area (TPSA) is 72.7 Å². The fraction of sp³-hybridized carbons (Fsp3) is 0.176. The second-order valence-corrected chi connectivity index (χ2v) is 7.51. The van der Waals surface area contributed by atoms with Gasteiger partial charge in [0, 0.05) is 10.6 Å². The maximum atomic E-state index is 13.3. The number of nitrogens with one attached hydrogen (secondary N) is 1. The first kappa shape index (κ1) is 21.4. The minimum atomic E-state index is -4.64. The molecule has 2 heterocycles. The van der Waals surface area contributed by atoms with Crippen LogP contribution >= 0.6 is 34.2 Å². The Balaban J connectivity index is 1.87. The molecule has 29 heavy (non-hydrogen) atoms. The van der Waals surface area contributed by atoms with Crippen molar-refractivity contribution >= 4 is 40.1 Å². The summed E-state index contributed by atoms with van der Waals surface area (Å²) in [5.74, 6) is -0.749. The molecule has 2 aromatic heterocycles. The fourth-order valence-electron chi connectivity index (χ4n) is 2.50. The molecule has 1 N–H and O–H groups in total. The number of carbonyl (C=O) groups is 1. The molecule has 152 valence electrons. The zero-order chi connectivity index (χ0) is 21.3. The van der Waals surface area contributed by atoms with Gasteiger partial charge in [-0.2, -0.15) is 23.0 Å². The van der Waals surface area contributed by atoms with Gasteiger partial charge in [0.1, 0.15) is 12.1 Å². The minimum absolute atomic E-state index is 0.217. The molecule has 1 amide bonds. The second kappa shape index (κ2) is 8.22. The van der Waals surface area contributed by atoms with Crippen molar-refractivity contribution < 1.29 is 22.4 Å². The van der Waals surface area contributed by atoms with Crippen LogP contribution in [0.5, 0.6) is 0 Å². The zero-order valence-corrected chi connectivity index (χ0v) is 17.4. The lowest BCUT2D eigenvalue weighted by Gasteiger charge is -2.16. The van der Waals surface area contributed by atoms with Crippen molar-refractivity contribution in [2.75, 3.05) is 0 Å². The predicted octanol–water partition coefficient (Wildman–Crippen LogP) is 4.57. The lowest BCUT2D eigenvalue weighted by atomic mass is 10.1. The molecule has 12 heteroatoms. The van der Waals surface area contributed by atoms with Crippen LogP contribution in [0.2, 0.25) is 5.02 Å². The van der Waals surface area contributed by atoms with Crippen molar-refractivity contribution in [2.45, 2.75) is 19.1 Å². The second-order valence-electron chi connectivity index (χ2n) is 5.91. The van der Waals surface area contributed by atoms with E-state index in [0.717, 1.165) is 18.3 Å². The zero-order valence-electron chi connectivity index (χ0n) is 14.5. The smallest absolute Gasteiger partial charge is 0.342 e. The summed E-state index contributed by atoms with van der Waals surface area (Å²) in [6.07, 6.45) is -2.41. The molecular weight excluding hydrogens is 529 g/mol. The van der Waals surface area contributed by atoms with Crippen molar-refractivity contribution in [1.82, 2.24) is 25.1 Å². The van der Waals surface area contributed by atoms with Gasteiger partial charge in [0.2, 0.25) is 0 Å². The number of rotatable bonds is 4. The van der Waals surface area contributed by atoms with Crippen molar-refractivity contribution in [1.29, 1.82) is 0 Å². The van der Waals surface area contributed by atoms with Gasteiger partial charge in [-0.3, -0.25) is 4.79 Å². The van der Waals surface area contributed by atoms with Gasteiger partial charge in [-0.1, -0.05) is 11.6 Å². The summed E-state index contributed by atoms with van der Waals surface area (Å²) in [6.45, 7) is 1.57. The molecule has 0 bridgehead atoms. The molecular formula is C17H11ClF4IN5O. The van der Waals surface area contributed by atoms with Crippen LogP contribution in [-0.4, -0.2) is 25.7 Å². The highest BCUT2D eigenvalue weighted by molar-refractivity contribution is 14.1. The SMILES string of the molecule is CC(NC(=O)c1cc(Cl)cc(C(F)(F)F)c1)c1ncnn1-c1ncc(F)cc1I. The van der Waals surface area contributed by atoms with Gasteiger partial charge in [0.05, 0.1) is 21.4 Å². The molecule has 1 unspecified atom stereocenters. The van der Waals surface area contributed by atoms with E-state index in [2.05, 4.69) is 20.4 Å². The van der Waals surface area contributed by atoms with Gasteiger partial charge in [0.15, 0.2) is 11.6 Å². The number of carbonyl (C=O) groups excluding carboxylic acids is 1. The van der Waals surface area contributed by atoms with E-state index in [1.165, 1.54) is 17.1 Å². The molecule has 3 rings (SSSR count). The third-order valence-corrected chi connectivity index (χ3v) is 4.80. The Morgan fingerprint density at radius 1 is 1.24 bits per heavy atom. The molecule has 0 aliphatic heterocycles. The number of hydrogen-bond acceptors (Lipinski definition) is 4. The molecule has 6 nitrogen and oxygen atoms in total. The molecule has 1 aromatic carbocycles. The van der Waals surface area contributed by atoms with E-state index < -0.39 is 29.5 Å². The van der Waals surface area contributed by atoms with Crippen molar-refractivity contribution in [2.24, 2.45) is 0 Å². The normalized spacial score (nSPS) is 12.7. The first-order valence-corrected chi connectivity index (χ1v) is 9.42. The molecule has 0 aliphatic carbocycles. The number of nitrogens with zero attached hydrogens (tertiary/aromatic N) is 4. The minimum Gasteiger partial charge on any atom is -0.342 e. The third kappa shape index (κ3) is 4.83. The summed E-state index contributed by atoms with van der Waals surface area (Å²) in [5.41, 5.74) is -1.28. The number of aromatic nitrogens is 4. The fourth-order valence-corrected chi connectivity index (χ4v) is 3.40. The maximum Gasteiger partial charge on any atom is 0.416 e. The molecule has 0 spiro atoms. The average molecular weight is 540 g/mol. The van der Waals surface area contributed by atoms with E-state index in [0.29, 0.717) is 15.5 Å². The average Bonchev–Trinajstić information content (AvgIpc) is 3.10. The lowest BCUT2D eigenvalue weighted by Crippen LogP contribution is -2.29. The number of hydrogen-bond donors (Lipinski definition) is 1. The van der Waals surface area contributed by atoms with Crippen LogP contribution in [0.1, 0.15) is 34.7 Å². The Morgan fingerprint density at radius 3 is 2.62 bits per heavy atom. The van der Waals surface area contributed by atoms with E-state index in [1.54, 1.807) is 6.92 Å². The van der Waals surface area contributed by atoms with E-state index in [1.807, 2.05) is 22.6 Å². The first-order valence-electron chi connectivity index (χ1n) is 7.96. The van der Waals surface area contributed by atoms with Gasteiger partial charge >= 0.3 is 6.18 Å². The van der Waals surface area contributed by atoms with Crippen LogP contribution in [0.25, 0.3) is 5.82 Å². The standard InChI is InChI=1S/C17H11ClF4IN5O/c1-8(14-25-7-26-28(14)15-13(23)5-12(19)6-24-15)27-16(29)9-2-10(17(20,21)22)4-11(18)3-9/h2-8H,1H3,(H,27,29). The summed E-state index contributed by atoms with van der Waals surface area (Å²) >= 11 is 7.60. The quantitative estimate of drug-likeness (QED) is 0.390. The van der Waals surface area contributed by atoms with E-state index in [4.69, 9.17) is 11.6 Å². The Morgan fingerprint density at radius 2 is 1.97 bits per heavy atom. The Hall–Kier alpha value is -2.28. The van der Waals surface area contributed by atoms with Gasteiger partial charge in [0.25, 0.3) is 5.91 Å². The summed E-state index contributed by atoms with van der Waals surface area (Å²) in [6, 6.07) is 3.08. The Kier molecular flexibility index (Phi) is 6.08. The van der Waals surface area contributed by atoms with Crippen LogP contribution in [0.4, 0.5) is 17.6 Å². The van der Waals surface area contributed by atoms with E-state index in [-0.39, 0.29) is 16.4 Å². The molecule has 3 aromatic rings. The van der Waals surface area contributed by atoms with E-state index in [9.17, 15) is 22.4 Å². The van der Waals surface area contributed by atoms with Gasteiger partial charge < -0.3 is 5.32 Å². The number of halogens is 6. The van der Waals surface area contributed by atoms with Crippen molar-refractivity contribution in [3.8, 4) is 5.82 Å². The van der Waals surface area contributed by atoms with Crippen LogP contribution in [0, 0.1) is 9.39 Å². The van der Waals surface area contributed by atoms with Crippen molar-refractivity contribution in [3.05, 3.63) is 68.2 Å². The number of benzene rings is 1. The first-order chi connectivity index (χ1) is 13.6. The van der Waals surface area contributed by atoms with Gasteiger partial charge in [-0.15, -0.1) is 0 Å². The van der Waals surface area contributed by atoms with Crippen LogP contribution in [0.15, 0.2) is 36.8 Å². The number of amides is 1.